The van der Waals surface area contributed by atoms with Gasteiger partial charge in [0.1, 0.15) is 5.25 Å². The Bertz CT molecular complexity index is 438. The average Bonchev–Trinajstić information content (AvgIpc) is 2.22. The van der Waals surface area contributed by atoms with E-state index in [0.717, 1.165) is 10.6 Å². The molecule has 0 saturated carbocycles. The van der Waals surface area contributed by atoms with Gasteiger partial charge in [0.25, 0.3) is 0 Å². The smallest absolute Gasteiger partial charge is 0.319 e. The summed E-state index contributed by atoms with van der Waals surface area (Å²) in [5.74, 6) is -0.782. The Kier molecular flexibility index (Phi) is 3.04. The largest absolute Gasteiger partial charge is 0.480 e. The molecule has 2 atom stereocenters. The molecular weight excluding hydrogens is 246 g/mol. The summed E-state index contributed by atoms with van der Waals surface area (Å²) < 4.78 is 0. The molecule has 0 amide bonds. The number of nitrogens with zero attached hydrogens (tertiary/aromatic N) is 1. The molecular formula is C11H12ClNO2S. The average molecular weight is 258 g/mol. The highest BCUT2D eigenvalue weighted by molar-refractivity contribution is 8.01. The first kappa shape index (κ1) is 11.6. The highest BCUT2D eigenvalue weighted by atomic mass is 35.5. The Morgan fingerprint density at radius 2 is 2.25 bits per heavy atom. The fraction of sp³-hybridized carbons (Fsp3) is 0.364. The number of anilines is 1. The number of rotatable bonds is 1. The molecule has 0 bridgehead atoms. The van der Waals surface area contributed by atoms with Gasteiger partial charge in [-0.3, -0.25) is 4.79 Å². The predicted octanol–water partition coefficient (Wildman–Crippen LogP) is 2.72. The zero-order chi connectivity index (χ0) is 11.9. The second kappa shape index (κ2) is 4.18. The van der Waals surface area contributed by atoms with Crippen LogP contribution in [0.2, 0.25) is 5.02 Å². The molecule has 1 N–H and O–H groups in total. The monoisotopic (exact) mass is 257 g/mol. The van der Waals surface area contributed by atoms with Gasteiger partial charge >= 0.3 is 5.97 Å². The van der Waals surface area contributed by atoms with E-state index in [0.29, 0.717) is 5.02 Å². The summed E-state index contributed by atoms with van der Waals surface area (Å²) in [6, 6.07) is 5.50. The number of benzene rings is 1. The first-order valence-electron chi connectivity index (χ1n) is 4.93. The maximum absolute atomic E-state index is 11.1. The minimum absolute atomic E-state index is 0.0742. The van der Waals surface area contributed by atoms with Gasteiger partial charge < -0.3 is 10.0 Å². The van der Waals surface area contributed by atoms with E-state index >= 15 is 0 Å². The van der Waals surface area contributed by atoms with Crippen LogP contribution in [-0.4, -0.2) is 29.4 Å². The van der Waals surface area contributed by atoms with Crippen molar-refractivity contribution in [2.45, 2.75) is 23.1 Å². The molecule has 1 aromatic rings. The van der Waals surface area contributed by atoms with Gasteiger partial charge in [0.15, 0.2) is 0 Å². The molecule has 1 heterocycles. The molecule has 3 nitrogen and oxygen atoms in total. The van der Waals surface area contributed by atoms with Crippen LogP contribution in [0.15, 0.2) is 23.1 Å². The van der Waals surface area contributed by atoms with Crippen molar-refractivity contribution in [1.82, 2.24) is 0 Å². The number of halogens is 1. The number of carboxylic acid groups (broad SMARTS) is 1. The summed E-state index contributed by atoms with van der Waals surface area (Å²) in [5.41, 5.74) is 0.930. The maximum Gasteiger partial charge on any atom is 0.319 e. The van der Waals surface area contributed by atoms with Crippen molar-refractivity contribution in [3.8, 4) is 0 Å². The highest BCUT2D eigenvalue weighted by Gasteiger charge is 2.35. The summed E-state index contributed by atoms with van der Waals surface area (Å²) >= 11 is 7.49. The van der Waals surface area contributed by atoms with Crippen LogP contribution in [0.4, 0.5) is 5.69 Å². The van der Waals surface area contributed by atoms with E-state index in [1.54, 1.807) is 0 Å². The third kappa shape index (κ3) is 1.76. The summed E-state index contributed by atoms with van der Waals surface area (Å²) in [4.78, 5) is 14.0. The predicted molar refractivity (Wildman–Crippen MR) is 66.6 cm³/mol. The summed E-state index contributed by atoms with van der Waals surface area (Å²) in [6.07, 6.45) is 0. The molecule has 0 fully saturated rings. The van der Waals surface area contributed by atoms with E-state index < -0.39 is 11.2 Å². The van der Waals surface area contributed by atoms with Crippen LogP contribution >= 0.6 is 23.4 Å². The Hall–Kier alpha value is -0.870. The summed E-state index contributed by atoms with van der Waals surface area (Å²) in [7, 11) is 1.88. The van der Waals surface area contributed by atoms with Gasteiger partial charge in [0, 0.05) is 18.0 Å². The van der Waals surface area contributed by atoms with E-state index in [4.69, 9.17) is 16.7 Å². The van der Waals surface area contributed by atoms with Gasteiger partial charge in [-0.25, -0.2) is 0 Å². The maximum atomic E-state index is 11.1. The number of para-hydroxylation sites is 1. The molecule has 1 aliphatic heterocycles. The molecule has 2 unspecified atom stereocenters. The van der Waals surface area contributed by atoms with E-state index in [1.807, 2.05) is 37.1 Å². The molecule has 0 spiro atoms. The van der Waals surface area contributed by atoms with Crippen molar-refractivity contribution < 1.29 is 9.90 Å². The summed E-state index contributed by atoms with van der Waals surface area (Å²) in [6.45, 7) is 1.90. The second-order valence-corrected chi connectivity index (χ2v) is 5.41. The number of fused-ring (bicyclic) bond motifs is 1. The van der Waals surface area contributed by atoms with E-state index in [9.17, 15) is 4.79 Å². The molecule has 16 heavy (non-hydrogen) atoms. The topological polar surface area (TPSA) is 40.5 Å². The standard InChI is InChI=1S/C11H12ClNO2S/c1-6-10(11(14)15)16-8-5-3-4-7(12)9(8)13(6)2/h3-6,10H,1-2H3,(H,14,15). The number of hydrogen-bond acceptors (Lipinski definition) is 3. The zero-order valence-electron chi connectivity index (χ0n) is 8.98. The Labute approximate surface area is 103 Å². The SMILES string of the molecule is CC1C(C(=O)O)Sc2cccc(Cl)c2N1C. The van der Waals surface area contributed by atoms with Gasteiger partial charge in [-0.15, -0.1) is 11.8 Å². The number of hydrogen-bond donors (Lipinski definition) is 1. The normalized spacial score (nSPS) is 24.1. The Morgan fingerprint density at radius 1 is 1.56 bits per heavy atom. The van der Waals surface area contributed by atoms with Crippen molar-refractivity contribution in [2.24, 2.45) is 0 Å². The first-order valence-corrected chi connectivity index (χ1v) is 6.19. The lowest BCUT2D eigenvalue weighted by Gasteiger charge is -2.37. The van der Waals surface area contributed by atoms with Crippen LogP contribution in [0, 0.1) is 0 Å². The minimum Gasteiger partial charge on any atom is -0.480 e. The molecule has 5 heteroatoms. The van der Waals surface area contributed by atoms with Crippen LogP contribution < -0.4 is 4.90 Å². The fourth-order valence-electron chi connectivity index (χ4n) is 1.83. The van der Waals surface area contributed by atoms with Crippen molar-refractivity contribution in [2.75, 3.05) is 11.9 Å². The van der Waals surface area contributed by atoms with Crippen LogP contribution in [0.25, 0.3) is 0 Å². The van der Waals surface area contributed by atoms with Gasteiger partial charge in [-0.05, 0) is 19.1 Å². The van der Waals surface area contributed by atoms with Gasteiger partial charge in [-0.2, -0.15) is 0 Å². The number of carbonyl (C=O) groups is 1. The van der Waals surface area contributed by atoms with Crippen molar-refractivity contribution >= 4 is 35.0 Å². The van der Waals surface area contributed by atoms with Crippen LogP contribution in [-0.2, 0) is 4.79 Å². The lowest BCUT2D eigenvalue weighted by molar-refractivity contribution is -0.136. The molecule has 0 aliphatic carbocycles. The lowest BCUT2D eigenvalue weighted by Crippen LogP contribution is -2.44. The Morgan fingerprint density at radius 3 is 2.88 bits per heavy atom. The molecule has 0 aromatic heterocycles. The third-order valence-corrected chi connectivity index (χ3v) is 4.59. The molecule has 2 rings (SSSR count). The second-order valence-electron chi connectivity index (χ2n) is 3.81. The van der Waals surface area contributed by atoms with Crippen LogP contribution in [0.3, 0.4) is 0 Å². The molecule has 0 radical (unpaired) electrons. The number of carboxylic acids is 1. The first-order chi connectivity index (χ1) is 7.52. The van der Waals surface area contributed by atoms with Gasteiger partial charge in [-0.1, -0.05) is 17.7 Å². The molecule has 1 aliphatic rings. The number of aliphatic carboxylic acids is 1. The van der Waals surface area contributed by atoms with E-state index in [1.165, 1.54) is 11.8 Å². The zero-order valence-corrected chi connectivity index (χ0v) is 10.5. The molecule has 0 saturated heterocycles. The molecule has 1 aromatic carbocycles. The van der Waals surface area contributed by atoms with E-state index in [-0.39, 0.29) is 6.04 Å². The lowest BCUT2D eigenvalue weighted by atomic mass is 10.1. The van der Waals surface area contributed by atoms with Gasteiger partial charge in [0.2, 0.25) is 0 Å². The van der Waals surface area contributed by atoms with Crippen molar-refractivity contribution in [1.29, 1.82) is 0 Å². The minimum atomic E-state index is -0.782. The quantitative estimate of drug-likeness (QED) is 0.840. The van der Waals surface area contributed by atoms with Gasteiger partial charge in [0.05, 0.1) is 10.7 Å². The third-order valence-electron chi connectivity index (χ3n) is 2.85. The highest BCUT2D eigenvalue weighted by Crippen LogP contribution is 2.44. The van der Waals surface area contributed by atoms with Crippen molar-refractivity contribution in [3.05, 3.63) is 23.2 Å². The number of thioether (sulfide) groups is 1. The van der Waals surface area contributed by atoms with E-state index in [2.05, 4.69) is 0 Å². The summed E-state index contributed by atoms with van der Waals surface area (Å²) in [5, 5.41) is 9.36. The Balaban J connectivity index is 2.48. The van der Waals surface area contributed by atoms with Crippen LogP contribution in [0.1, 0.15) is 6.92 Å². The molecule has 86 valence electrons. The van der Waals surface area contributed by atoms with Crippen LogP contribution in [0.5, 0.6) is 0 Å². The van der Waals surface area contributed by atoms with Crippen molar-refractivity contribution in [3.63, 3.8) is 0 Å². The fourth-order valence-corrected chi connectivity index (χ4v) is 3.47.